The van der Waals surface area contributed by atoms with Gasteiger partial charge in [0.1, 0.15) is 24.4 Å². The summed E-state index contributed by atoms with van der Waals surface area (Å²) in [7, 11) is 1.89. The maximum absolute atomic E-state index is 12.9. The highest BCUT2D eigenvalue weighted by Crippen LogP contribution is 2.28. The molecule has 0 unspecified atom stereocenters. The number of thioether (sulfide) groups is 1. The van der Waals surface area contributed by atoms with Crippen molar-refractivity contribution in [3.63, 3.8) is 0 Å². The molecule has 4 rings (SSSR count). The summed E-state index contributed by atoms with van der Waals surface area (Å²) in [4.78, 5) is 14.6. The van der Waals surface area contributed by atoms with Crippen LogP contribution in [0, 0.1) is 0 Å². The zero-order valence-electron chi connectivity index (χ0n) is 14.6. The third kappa shape index (κ3) is 4.03. The van der Waals surface area contributed by atoms with Crippen molar-refractivity contribution in [2.45, 2.75) is 17.5 Å². The molecule has 1 amide bonds. The molecule has 0 bridgehead atoms. The van der Waals surface area contributed by atoms with Crippen molar-refractivity contribution in [2.24, 2.45) is 7.05 Å². The molecule has 0 N–H and O–H groups in total. The first-order valence-electron chi connectivity index (χ1n) is 8.36. The number of carbonyl (C=O) groups is 1. The maximum atomic E-state index is 12.9. The van der Waals surface area contributed by atoms with Crippen molar-refractivity contribution in [1.29, 1.82) is 0 Å². The van der Waals surface area contributed by atoms with Gasteiger partial charge < -0.3 is 18.6 Å². The second kappa shape index (κ2) is 7.77. The van der Waals surface area contributed by atoms with Crippen molar-refractivity contribution < 1.29 is 13.9 Å². The number of benzene rings is 1. The first kappa shape index (κ1) is 18.1. The Kier molecular flexibility index (Phi) is 5.22. The van der Waals surface area contributed by atoms with Crippen LogP contribution in [-0.4, -0.2) is 38.7 Å². The molecule has 0 fully saturated rings. The van der Waals surface area contributed by atoms with Gasteiger partial charge in [0.2, 0.25) is 0 Å². The quantitative estimate of drug-likeness (QED) is 0.568. The first-order chi connectivity index (χ1) is 13.1. The summed E-state index contributed by atoms with van der Waals surface area (Å²) in [5.41, 5.74) is 0.980. The van der Waals surface area contributed by atoms with E-state index in [1.54, 1.807) is 17.3 Å². The zero-order chi connectivity index (χ0) is 18.8. The highest BCUT2D eigenvalue weighted by atomic mass is 79.9. The average molecular weight is 449 g/mol. The Morgan fingerprint density at radius 1 is 1.33 bits per heavy atom. The van der Waals surface area contributed by atoms with Gasteiger partial charge in [-0.2, -0.15) is 0 Å². The van der Waals surface area contributed by atoms with Crippen LogP contribution in [0.25, 0.3) is 0 Å². The minimum Gasteiger partial charge on any atom is -0.491 e. The van der Waals surface area contributed by atoms with E-state index < -0.39 is 0 Å². The Hall–Kier alpha value is -2.26. The Morgan fingerprint density at radius 2 is 2.22 bits per heavy atom. The van der Waals surface area contributed by atoms with E-state index in [0.29, 0.717) is 31.2 Å². The number of amides is 1. The molecule has 1 aliphatic rings. The molecular formula is C18H17BrN4O3S. The number of rotatable bonds is 4. The van der Waals surface area contributed by atoms with E-state index in [2.05, 4.69) is 26.1 Å². The smallest absolute Gasteiger partial charge is 0.289 e. The van der Waals surface area contributed by atoms with Crippen molar-refractivity contribution >= 4 is 33.6 Å². The van der Waals surface area contributed by atoms with Crippen LogP contribution in [0.3, 0.4) is 0 Å². The highest BCUT2D eigenvalue weighted by Gasteiger charge is 2.23. The Morgan fingerprint density at radius 3 is 3.04 bits per heavy atom. The molecule has 140 valence electrons. The molecule has 1 aliphatic heterocycles. The third-order valence-corrected chi connectivity index (χ3v) is 5.73. The van der Waals surface area contributed by atoms with E-state index in [9.17, 15) is 4.79 Å². The minimum absolute atomic E-state index is 0.135. The summed E-state index contributed by atoms with van der Waals surface area (Å²) in [6.07, 6.45) is 1.65. The average Bonchev–Trinajstić information content (AvgIpc) is 3.23. The molecule has 0 radical (unpaired) electrons. The van der Waals surface area contributed by atoms with E-state index >= 15 is 0 Å². The van der Waals surface area contributed by atoms with Crippen molar-refractivity contribution in [2.75, 3.05) is 13.2 Å². The van der Waals surface area contributed by atoms with Gasteiger partial charge in [-0.25, -0.2) is 0 Å². The molecule has 27 heavy (non-hydrogen) atoms. The molecule has 2 aromatic heterocycles. The van der Waals surface area contributed by atoms with Crippen molar-refractivity contribution in [3.8, 4) is 5.75 Å². The van der Waals surface area contributed by atoms with Gasteiger partial charge in [-0.15, -0.1) is 10.2 Å². The fourth-order valence-corrected chi connectivity index (χ4v) is 3.90. The minimum atomic E-state index is -0.135. The lowest BCUT2D eigenvalue weighted by atomic mass is 10.2. The van der Waals surface area contributed by atoms with Crippen molar-refractivity contribution in [3.05, 3.63) is 58.2 Å². The van der Waals surface area contributed by atoms with Crippen LogP contribution >= 0.6 is 27.7 Å². The number of nitrogens with zero attached hydrogens (tertiary/aromatic N) is 4. The molecule has 0 spiro atoms. The van der Waals surface area contributed by atoms with Gasteiger partial charge in [-0.1, -0.05) is 33.8 Å². The fraction of sp³-hybridized carbons (Fsp3) is 0.278. The summed E-state index contributed by atoms with van der Waals surface area (Å²) < 4.78 is 14.3. The zero-order valence-corrected chi connectivity index (χ0v) is 17.0. The number of aromatic nitrogens is 3. The van der Waals surface area contributed by atoms with E-state index in [1.807, 2.05) is 35.9 Å². The lowest BCUT2D eigenvalue weighted by Gasteiger charge is -2.18. The van der Waals surface area contributed by atoms with Gasteiger partial charge in [0.05, 0.1) is 12.3 Å². The van der Waals surface area contributed by atoms with Crippen LogP contribution in [0.4, 0.5) is 0 Å². The van der Waals surface area contributed by atoms with Gasteiger partial charge in [0.25, 0.3) is 5.91 Å². The topological polar surface area (TPSA) is 73.4 Å². The monoisotopic (exact) mass is 448 g/mol. The van der Waals surface area contributed by atoms with Gasteiger partial charge in [-0.3, -0.25) is 4.79 Å². The Bertz CT molecular complexity index is 971. The Balaban J connectivity index is 1.44. The highest BCUT2D eigenvalue weighted by molar-refractivity contribution is 9.10. The SMILES string of the molecule is Cn1cnnc1SCc1ccc(C(=O)N2CCOc3cc(Br)ccc3C2)o1. The summed E-state index contributed by atoms with van der Waals surface area (Å²) in [5, 5.41) is 8.67. The van der Waals surface area contributed by atoms with E-state index in [0.717, 1.165) is 26.7 Å². The van der Waals surface area contributed by atoms with Gasteiger partial charge in [-0.05, 0) is 24.3 Å². The second-order valence-electron chi connectivity index (χ2n) is 6.11. The predicted octanol–water partition coefficient (Wildman–Crippen LogP) is 3.50. The van der Waals surface area contributed by atoms with Crippen LogP contribution in [0.5, 0.6) is 5.75 Å². The molecule has 1 aromatic carbocycles. The predicted molar refractivity (Wildman–Crippen MR) is 104 cm³/mol. The number of aryl methyl sites for hydroxylation is 1. The van der Waals surface area contributed by atoms with Gasteiger partial charge in [0.15, 0.2) is 10.9 Å². The maximum Gasteiger partial charge on any atom is 0.289 e. The molecule has 7 nitrogen and oxygen atoms in total. The number of furan rings is 1. The molecule has 0 aliphatic carbocycles. The molecule has 0 saturated carbocycles. The van der Waals surface area contributed by atoms with Crippen molar-refractivity contribution in [1.82, 2.24) is 19.7 Å². The van der Waals surface area contributed by atoms with Crippen LogP contribution in [0.2, 0.25) is 0 Å². The summed E-state index contributed by atoms with van der Waals surface area (Å²) in [6.45, 7) is 1.45. The lowest BCUT2D eigenvalue weighted by molar-refractivity contribution is 0.0699. The van der Waals surface area contributed by atoms with Gasteiger partial charge >= 0.3 is 0 Å². The number of halogens is 1. The summed E-state index contributed by atoms with van der Waals surface area (Å²) in [6, 6.07) is 9.40. The second-order valence-corrected chi connectivity index (χ2v) is 7.96. The number of carbonyl (C=O) groups excluding carboxylic acids is 1. The molecular weight excluding hydrogens is 432 g/mol. The van der Waals surface area contributed by atoms with Crippen LogP contribution in [0.15, 0.2) is 50.7 Å². The van der Waals surface area contributed by atoms with E-state index in [4.69, 9.17) is 9.15 Å². The summed E-state index contributed by atoms with van der Waals surface area (Å²) >= 11 is 4.95. The standard InChI is InChI=1S/C18H17BrN4O3S/c1-22-11-20-21-18(22)27-10-14-4-5-15(26-14)17(24)23-6-7-25-16-8-13(19)3-2-12(16)9-23/h2-5,8,11H,6-7,9-10H2,1H3. The van der Waals surface area contributed by atoms with E-state index in [1.165, 1.54) is 11.8 Å². The molecule has 3 heterocycles. The van der Waals surface area contributed by atoms with Crippen LogP contribution in [-0.2, 0) is 19.3 Å². The lowest BCUT2D eigenvalue weighted by Crippen LogP contribution is -2.32. The van der Waals surface area contributed by atoms with E-state index in [-0.39, 0.29) is 5.91 Å². The molecule has 0 atom stereocenters. The number of ether oxygens (including phenoxy) is 1. The molecule has 9 heteroatoms. The molecule has 0 saturated heterocycles. The van der Waals surface area contributed by atoms with Gasteiger partial charge in [0, 0.05) is 23.6 Å². The first-order valence-corrected chi connectivity index (χ1v) is 10.1. The van der Waals surface area contributed by atoms with Crippen LogP contribution in [0.1, 0.15) is 21.9 Å². The number of hydrogen-bond acceptors (Lipinski definition) is 6. The normalized spacial score (nSPS) is 13.8. The largest absolute Gasteiger partial charge is 0.491 e. The molecule has 3 aromatic rings. The number of hydrogen-bond donors (Lipinski definition) is 0. The third-order valence-electron chi connectivity index (χ3n) is 4.18. The summed E-state index contributed by atoms with van der Waals surface area (Å²) in [5.74, 6) is 2.31. The fourth-order valence-electron chi connectivity index (χ4n) is 2.78. The Labute approximate surface area is 168 Å². The number of fused-ring (bicyclic) bond motifs is 1. The van der Waals surface area contributed by atoms with Crippen LogP contribution < -0.4 is 4.74 Å².